The van der Waals surface area contributed by atoms with E-state index in [1.54, 1.807) is 6.29 Å². The first-order valence-corrected chi connectivity index (χ1v) is 14.6. The van der Waals surface area contributed by atoms with Crippen molar-refractivity contribution < 1.29 is 11.3 Å². The van der Waals surface area contributed by atoms with Gasteiger partial charge in [0.2, 0.25) is 0 Å². The number of hydrogen-bond donors (Lipinski definition) is 0. The van der Waals surface area contributed by atoms with E-state index in [0.29, 0.717) is 4.31 Å². The second-order valence-corrected chi connectivity index (χ2v) is 35.0. The third kappa shape index (κ3) is 0.0646. The van der Waals surface area contributed by atoms with Crippen LogP contribution in [0.25, 0.3) is 0 Å². The van der Waals surface area contributed by atoms with Gasteiger partial charge in [-0.05, 0) is 0 Å². The predicted octanol–water partition coefficient (Wildman–Crippen LogP) is 4.49. The third-order valence-corrected chi connectivity index (χ3v) is 60.3. The minimum absolute atomic E-state index is 0.480. The Kier molecular flexibility index (Phi) is 0.226. The molecule has 0 amide bonds. The quantitative estimate of drug-likeness (QED) is 0.420. The number of halogens is 1. The summed E-state index contributed by atoms with van der Waals surface area (Å²) in [6.45, 7) is -3.17. The Labute approximate surface area is 98.5 Å². The maximum absolute atomic E-state index is 12.2. The molecule has 92 valence electrons. The van der Waals surface area contributed by atoms with Gasteiger partial charge in [0, 0.05) is 0 Å². The van der Waals surface area contributed by atoms with E-state index in [2.05, 4.69) is 15.9 Å². The summed E-state index contributed by atoms with van der Waals surface area (Å²) in [4.78, 5) is 22.3. The molecule has 1 spiro atoms. The van der Waals surface area contributed by atoms with Crippen molar-refractivity contribution in [2.45, 2.75) is 60.0 Å². The van der Waals surface area contributed by atoms with E-state index in [9.17, 15) is 4.79 Å². The molecular formula is C14H15BrFeO. The number of rotatable bonds is 4. The molecule has 5 atom stereocenters. The van der Waals surface area contributed by atoms with E-state index in [0.717, 1.165) is 9.13 Å². The Balaban J connectivity index is 1.62. The van der Waals surface area contributed by atoms with Crippen LogP contribution >= 0.6 is 15.9 Å². The van der Waals surface area contributed by atoms with Gasteiger partial charge in [0.1, 0.15) is 0 Å². The summed E-state index contributed by atoms with van der Waals surface area (Å²) in [6, 6.07) is 0. The molecule has 10 aliphatic rings. The topological polar surface area (TPSA) is 17.1 Å². The average Bonchev–Trinajstić information content (AvgIpc) is 3.28. The molecule has 10 aliphatic heterocycles. The molecule has 10 saturated heterocycles. The molecule has 0 aromatic heterocycles. The molecule has 5 unspecified atom stereocenters. The molecule has 17 heavy (non-hydrogen) atoms. The summed E-state index contributed by atoms with van der Waals surface area (Å²) in [7, 11) is 0. The molecule has 3 heteroatoms. The van der Waals surface area contributed by atoms with Crippen LogP contribution < -0.4 is 0 Å². The Morgan fingerprint density at radius 1 is 1.06 bits per heavy atom. The van der Waals surface area contributed by atoms with Crippen molar-refractivity contribution in [2.24, 2.45) is 0 Å². The van der Waals surface area contributed by atoms with Gasteiger partial charge in [-0.2, -0.15) is 0 Å². The van der Waals surface area contributed by atoms with Crippen LogP contribution in [0.4, 0.5) is 0 Å². The number of hydrogen-bond acceptors (Lipinski definition) is 1. The van der Waals surface area contributed by atoms with Gasteiger partial charge in [-0.3, -0.25) is 0 Å². The van der Waals surface area contributed by atoms with Crippen molar-refractivity contribution in [3.05, 3.63) is 0 Å². The molecule has 0 bridgehead atoms. The number of alkyl halides is 1. The predicted molar refractivity (Wildman–Crippen MR) is 64.5 cm³/mol. The zero-order valence-electron chi connectivity index (χ0n) is 9.46. The Bertz CT molecular complexity index is 970. The van der Waals surface area contributed by atoms with Crippen LogP contribution in [-0.4, -0.2) is 11.6 Å². The van der Waals surface area contributed by atoms with E-state index in [1.807, 2.05) is 0 Å². The van der Waals surface area contributed by atoms with Crippen molar-refractivity contribution in [3.8, 4) is 0 Å². The van der Waals surface area contributed by atoms with E-state index >= 15 is 0 Å². The van der Waals surface area contributed by atoms with Crippen molar-refractivity contribution in [2.75, 3.05) is 5.33 Å². The van der Waals surface area contributed by atoms with Gasteiger partial charge >= 0.3 is 98.8 Å². The van der Waals surface area contributed by atoms with Crippen LogP contribution in [0, 0.1) is 0 Å². The molecule has 10 fully saturated rings. The van der Waals surface area contributed by atoms with E-state index in [4.69, 9.17) is 0 Å². The molecule has 0 saturated carbocycles. The molecular weight excluding hydrogens is 320 g/mol. The SMILES string of the molecule is O=C[C]12[CH]3[CH]4[CH]5[C]1(CCCBr)[Fe]43521678[CH]2[CH]1[CH]6[CH]7[CH]28. The van der Waals surface area contributed by atoms with Gasteiger partial charge in [-0.15, -0.1) is 0 Å². The summed E-state index contributed by atoms with van der Waals surface area (Å²) in [6.07, 6.45) is 4.47. The van der Waals surface area contributed by atoms with Crippen molar-refractivity contribution in [1.82, 2.24) is 0 Å². The molecule has 1 nitrogen and oxygen atoms in total. The number of carbonyl (C=O) groups excluding carboxylic acids is 1. The molecule has 0 aromatic rings. The van der Waals surface area contributed by atoms with Crippen LogP contribution in [0.1, 0.15) is 12.8 Å². The zero-order chi connectivity index (χ0) is 10.8. The van der Waals surface area contributed by atoms with Gasteiger partial charge in [0.15, 0.2) is 0 Å². The minimum atomic E-state index is -3.17. The van der Waals surface area contributed by atoms with Crippen LogP contribution in [0.15, 0.2) is 0 Å². The van der Waals surface area contributed by atoms with Crippen molar-refractivity contribution >= 4 is 22.2 Å². The summed E-state index contributed by atoms with van der Waals surface area (Å²) in [5.41, 5.74) is 0. The summed E-state index contributed by atoms with van der Waals surface area (Å²) < 4.78 is 1.27. The normalized spacial score (nSPS) is 123. The number of aldehydes is 1. The molecule has 10 rings (SSSR count). The average molecular weight is 335 g/mol. The second kappa shape index (κ2) is 0.558. The van der Waals surface area contributed by atoms with Gasteiger partial charge in [0.25, 0.3) is 0 Å². The third-order valence-electron chi connectivity index (χ3n) is 16.2. The number of fused-ring (bicyclic) bond motifs is 10. The van der Waals surface area contributed by atoms with E-state index in [1.165, 1.54) is 51.9 Å². The first kappa shape index (κ1) is 6.90. The van der Waals surface area contributed by atoms with Crippen LogP contribution in [0.5, 0.6) is 0 Å². The first-order valence-electron chi connectivity index (χ1n) is 7.29. The maximum atomic E-state index is 12.2. The van der Waals surface area contributed by atoms with Crippen molar-refractivity contribution in [3.63, 3.8) is 0 Å². The zero-order valence-corrected chi connectivity index (χ0v) is 12.1. The Morgan fingerprint density at radius 3 is 2.06 bits per heavy atom. The molecule has 10 heterocycles. The molecule has 0 N–H and O–H groups in total. The fourth-order valence-corrected chi connectivity index (χ4v) is 95.3. The molecule has 0 aromatic carbocycles. The number of carbonyl (C=O) groups is 1. The van der Waals surface area contributed by atoms with Gasteiger partial charge in [0.05, 0.1) is 0 Å². The second-order valence-electron chi connectivity index (χ2n) is 10.9. The Hall–Kier alpha value is 0.669. The fourth-order valence-electron chi connectivity index (χ4n) is 18.6. The van der Waals surface area contributed by atoms with E-state index < -0.39 is 6.51 Å². The summed E-state index contributed by atoms with van der Waals surface area (Å²) in [5, 5.41) is 1.17. The molecule has 0 aliphatic carbocycles. The van der Waals surface area contributed by atoms with Gasteiger partial charge in [-0.25, -0.2) is 0 Å². The molecule has 0 radical (unpaired) electrons. The van der Waals surface area contributed by atoms with Gasteiger partial charge in [-0.1, -0.05) is 0 Å². The van der Waals surface area contributed by atoms with E-state index in [-0.39, 0.29) is 0 Å². The first-order chi connectivity index (χ1) is 8.06. The van der Waals surface area contributed by atoms with Crippen LogP contribution in [0.2, 0.25) is 47.2 Å². The van der Waals surface area contributed by atoms with Crippen LogP contribution in [-0.2, 0) is 11.3 Å². The monoisotopic (exact) mass is 334 g/mol. The summed E-state index contributed by atoms with van der Waals surface area (Å²) >= 11 is 3.64. The standard InChI is InChI=1S/C9H10BrO.C5H5.Fe/c10-6-2-5-8-3-1-4-9(8)7-11;1-2-4-5-3-1;/h1,3-4,7H,2,5-6H2;1-5H;. The van der Waals surface area contributed by atoms with Gasteiger partial charge < -0.3 is 0 Å². The van der Waals surface area contributed by atoms with Crippen molar-refractivity contribution in [1.29, 1.82) is 0 Å². The Morgan fingerprint density at radius 2 is 1.71 bits per heavy atom. The summed E-state index contributed by atoms with van der Waals surface area (Å²) in [5.74, 6) is 0. The van der Waals surface area contributed by atoms with Crippen LogP contribution in [0.3, 0.4) is 0 Å². The fraction of sp³-hybridized carbons (Fsp3) is 0.929.